The van der Waals surface area contributed by atoms with E-state index in [0.29, 0.717) is 41.7 Å². The molecule has 1 saturated carbocycles. The number of imidazole rings is 1. The fourth-order valence-electron chi connectivity index (χ4n) is 6.45. The second-order valence-electron chi connectivity index (χ2n) is 11.8. The normalized spacial score (nSPS) is 22.2. The van der Waals surface area contributed by atoms with E-state index >= 15 is 0 Å². The average molecular weight is 556 g/mol. The highest BCUT2D eigenvalue weighted by molar-refractivity contribution is 5.95. The number of hydrogen-bond acceptors (Lipinski definition) is 7. The van der Waals surface area contributed by atoms with Crippen molar-refractivity contribution < 1.29 is 9.53 Å². The molecule has 2 fully saturated rings. The summed E-state index contributed by atoms with van der Waals surface area (Å²) in [6.07, 6.45) is 16.8. The summed E-state index contributed by atoms with van der Waals surface area (Å²) in [6, 6.07) is 4.58. The molecule has 1 aliphatic heterocycles. The standard InChI is InChI=1S/C32H41N7O2/c1-4-6-20(2)38-15-5-7-24(19-38)31-37-28(29-30(33)35-14-16-39(29)31)25-11-10-23(17-26(25)41-3)32(40)36-27-18-22(12-13-34-27)21-8-9-21/h10-14,16,18,20-21,23-24H,4-9,15,17,19H2,1-3H3,(H2,33,35)(H,34,36,40). The highest BCUT2D eigenvalue weighted by atomic mass is 16.5. The fraction of sp³-hybridized carbons (Fsp3) is 0.500. The molecular weight excluding hydrogens is 514 g/mol. The van der Waals surface area contributed by atoms with Crippen LogP contribution in [0.1, 0.15) is 87.7 Å². The molecule has 0 radical (unpaired) electrons. The monoisotopic (exact) mass is 555 g/mol. The smallest absolute Gasteiger partial charge is 0.232 e. The molecule has 41 heavy (non-hydrogen) atoms. The molecule has 216 valence electrons. The molecule has 4 heterocycles. The van der Waals surface area contributed by atoms with Gasteiger partial charge in [-0.1, -0.05) is 25.5 Å². The van der Waals surface area contributed by atoms with Crippen molar-refractivity contribution in [3.05, 3.63) is 65.7 Å². The number of nitrogens with two attached hydrogens (primary N) is 1. The minimum absolute atomic E-state index is 0.102. The van der Waals surface area contributed by atoms with Gasteiger partial charge in [-0.15, -0.1) is 0 Å². The minimum Gasteiger partial charge on any atom is -0.500 e. The van der Waals surface area contributed by atoms with Crippen molar-refractivity contribution in [1.29, 1.82) is 0 Å². The van der Waals surface area contributed by atoms with Crippen LogP contribution in [0.4, 0.5) is 11.6 Å². The van der Waals surface area contributed by atoms with Crippen molar-refractivity contribution in [1.82, 2.24) is 24.3 Å². The van der Waals surface area contributed by atoms with E-state index in [9.17, 15) is 4.79 Å². The molecule has 3 unspecified atom stereocenters. The number of likely N-dealkylation sites (tertiary alicyclic amines) is 1. The lowest BCUT2D eigenvalue weighted by molar-refractivity contribution is -0.118. The summed E-state index contributed by atoms with van der Waals surface area (Å²) in [5, 5.41) is 3.01. The number of nitrogens with zero attached hydrogens (tertiary/aromatic N) is 5. The van der Waals surface area contributed by atoms with Gasteiger partial charge in [0.25, 0.3) is 0 Å². The quantitative estimate of drug-likeness (QED) is 0.357. The van der Waals surface area contributed by atoms with E-state index < -0.39 is 0 Å². The molecule has 3 atom stereocenters. The number of carbonyl (C=O) groups is 1. The number of methoxy groups -OCH3 is 1. The fourth-order valence-corrected chi connectivity index (χ4v) is 6.45. The van der Waals surface area contributed by atoms with Crippen LogP contribution in [-0.2, 0) is 9.53 Å². The number of carbonyl (C=O) groups excluding carboxylic acids is 1. The number of nitrogens with one attached hydrogen (secondary N) is 1. The van der Waals surface area contributed by atoms with Crippen LogP contribution < -0.4 is 11.1 Å². The zero-order valence-electron chi connectivity index (χ0n) is 24.3. The van der Waals surface area contributed by atoms with Gasteiger partial charge in [0.1, 0.15) is 34.4 Å². The number of nitrogen functional groups attached to an aromatic ring is 1. The van der Waals surface area contributed by atoms with Gasteiger partial charge >= 0.3 is 0 Å². The largest absolute Gasteiger partial charge is 0.500 e. The number of anilines is 2. The first-order valence-electron chi connectivity index (χ1n) is 15.1. The molecule has 1 amide bonds. The number of fused-ring (bicyclic) bond motifs is 1. The summed E-state index contributed by atoms with van der Waals surface area (Å²) < 4.78 is 7.99. The highest BCUT2D eigenvalue weighted by Gasteiger charge is 2.32. The third kappa shape index (κ3) is 5.60. The van der Waals surface area contributed by atoms with Crippen molar-refractivity contribution in [2.45, 2.75) is 76.7 Å². The van der Waals surface area contributed by atoms with Gasteiger partial charge in [0.15, 0.2) is 0 Å². The molecule has 0 bridgehead atoms. The van der Waals surface area contributed by atoms with E-state index in [-0.39, 0.29) is 11.8 Å². The number of allylic oxidation sites excluding steroid dienone is 3. The van der Waals surface area contributed by atoms with E-state index in [1.165, 1.54) is 31.2 Å². The van der Waals surface area contributed by atoms with Crippen LogP contribution >= 0.6 is 0 Å². The molecule has 0 spiro atoms. The third-order valence-electron chi connectivity index (χ3n) is 8.88. The lowest BCUT2D eigenvalue weighted by Gasteiger charge is -2.36. The molecule has 2 aliphatic carbocycles. The van der Waals surface area contributed by atoms with E-state index in [2.05, 4.69) is 38.4 Å². The number of ether oxygens (including phenoxy) is 1. The zero-order valence-corrected chi connectivity index (χ0v) is 24.3. The molecule has 1 saturated heterocycles. The van der Waals surface area contributed by atoms with E-state index in [1.54, 1.807) is 19.5 Å². The lowest BCUT2D eigenvalue weighted by Crippen LogP contribution is -2.40. The van der Waals surface area contributed by atoms with E-state index in [4.69, 9.17) is 15.5 Å². The number of amides is 1. The van der Waals surface area contributed by atoms with Crippen LogP contribution in [0.2, 0.25) is 0 Å². The second-order valence-corrected chi connectivity index (χ2v) is 11.8. The van der Waals surface area contributed by atoms with Crippen LogP contribution in [0.15, 0.2) is 48.6 Å². The second kappa shape index (κ2) is 11.6. The number of piperidine rings is 1. The maximum absolute atomic E-state index is 13.2. The van der Waals surface area contributed by atoms with Crippen LogP contribution in [0.3, 0.4) is 0 Å². The molecule has 3 aromatic heterocycles. The SMILES string of the molecule is CCCC(C)N1CCCC(c2nc(C3=C(OC)CC(C(=O)Nc4cc(C5CC5)ccn4)C=C3)c3c(N)nccn23)C1. The number of hydrogen-bond donors (Lipinski definition) is 2. The Morgan fingerprint density at radius 3 is 2.85 bits per heavy atom. The van der Waals surface area contributed by atoms with Crippen molar-refractivity contribution in [2.75, 3.05) is 31.2 Å². The Bertz CT molecular complexity index is 1490. The summed E-state index contributed by atoms with van der Waals surface area (Å²) in [4.78, 5) is 29.8. The Morgan fingerprint density at radius 2 is 2.07 bits per heavy atom. The van der Waals surface area contributed by atoms with Gasteiger partial charge in [0, 0.05) is 49.1 Å². The van der Waals surface area contributed by atoms with Gasteiger partial charge in [-0.3, -0.25) is 14.1 Å². The van der Waals surface area contributed by atoms with Crippen LogP contribution in [0.25, 0.3) is 11.1 Å². The zero-order chi connectivity index (χ0) is 28.5. The van der Waals surface area contributed by atoms with Crippen LogP contribution in [-0.4, -0.2) is 56.4 Å². The molecule has 6 rings (SSSR count). The van der Waals surface area contributed by atoms with Crippen molar-refractivity contribution in [3.8, 4) is 0 Å². The van der Waals surface area contributed by atoms with Crippen LogP contribution in [0, 0.1) is 5.92 Å². The summed E-state index contributed by atoms with van der Waals surface area (Å²) in [7, 11) is 1.65. The van der Waals surface area contributed by atoms with Gasteiger partial charge in [0.2, 0.25) is 5.91 Å². The molecule has 9 heteroatoms. The molecule has 3 N–H and O–H groups in total. The van der Waals surface area contributed by atoms with Gasteiger partial charge in [-0.05, 0) is 69.2 Å². The lowest BCUT2D eigenvalue weighted by atomic mass is 9.92. The van der Waals surface area contributed by atoms with Crippen LogP contribution in [0.5, 0.6) is 0 Å². The predicted octanol–water partition coefficient (Wildman–Crippen LogP) is 5.52. The Hall–Kier alpha value is -3.72. The third-order valence-corrected chi connectivity index (χ3v) is 8.88. The Balaban J connectivity index is 1.27. The maximum Gasteiger partial charge on any atom is 0.232 e. The number of pyridine rings is 1. The number of aromatic nitrogens is 4. The van der Waals surface area contributed by atoms with E-state index in [0.717, 1.165) is 48.5 Å². The van der Waals surface area contributed by atoms with Crippen molar-refractivity contribution >= 4 is 28.6 Å². The van der Waals surface area contributed by atoms with Gasteiger partial charge in [-0.2, -0.15) is 0 Å². The first-order valence-corrected chi connectivity index (χ1v) is 15.1. The summed E-state index contributed by atoms with van der Waals surface area (Å²) in [6.45, 7) is 6.69. The molecule has 0 aromatic carbocycles. The van der Waals surface area contributed by atoms with Gasteiger partial charge < -0.3 is 15.8 Å². The topological polar surface area (TPSA) is 111 Å². The summed E-state index contributed by atoms with van der Waals surface area (Å²) in [5.74, 6) is 3.17. The van der Waals surface area contributed by atoms with E-state index in [1.807, 2.05) is 30.5 Å². The molecule has 3 aliphatic rings. The summed E-state index contributed by atoms with van der Waals surface area (Å²) in [5.41, 5.74) is 10.1. The Kier molecular flexibility index (Phi) is 7.79. The molecular formula is C32H41N7O2. The molecule has 9 nitrogen and oxygen atoms in total. The predicted molar refractivity (Wildman–Crippen MR) is 161 cm³/mol. The first kappa shape index (κ1) is 27.4. The van der Waals surface area contributed by atoms with Crippen molar-refractivity contribution in [3.63, 3.8) is 0 Å². The summed E-state index contributed by atoms with van der Waals surface area (Å²) >= 11 is 0. The first-order chi connectivity index (χ1) is 20.0. The minimum atomic E-state index is -0.379. The van der Waals surface area contributed by atoms with Gasteiger partial charge in [-0.25, -0.2) is 15.0 Å². The molecule has 3 aromatic rings. The Morgan fingerprint density at radius 1 is 1.22 bits per heavy atom. The van der Waals surface area contributed by atoms with Gasteiger partial charge in [0.05, 0.1) is 13.0 Å². The highest BCUT2D eigenvalue weighted by Crippen LogP contribution is 2.41. The van der Waals surface area contributed by atoms with Crippen molar-refractivity contribution in [2.24, 2.45) is 5.92 Å². The maximum atomic E-state index is 13.2. The Labute approximate surface area is 241 Å². The average Bonchev–Trinajstić information content (AvgIpc) is 3.77. The number of rotatable bonds is 9.